The maximum Gasteiger partial charge on any atom is 0.336 e. The third-order valence-electron chi connectivity index (χ3n) is 3.70. The molecule has 24 heavy (non-hydrogen) atoms. The van der Waals surface area contributed by atoms with Crippen molar-refractivity contribution in [2.45, 2.75) is 19.3 Å². The number of rotatable bonds is 6. The molecule has 0 spiro atoms. The largest absolute Gasteiger partial charge is 0.486 e. The van der Waals surface area contributed by atoms with Gasteiger partial charge in [-0.05, 0) is 23.3 Å². The van der Waals surface area contributed by atoms with Gasteiger partial charge in [-0.1, -0.05) is 30.3 Å². The van der Waals surface area contributed by atoms with Gasteiger partial charge in [-0.15, -0.1) is 0 Å². The van der Waals surface area contributed by atoms with E-state index in [2.05, 4.69) is 0 Å². The minimum absolute atomic E-state index is 0.0126. The van der Waals surface area contributed by atoms with E-state index in [4.69, 9.17) is 19.3 Å². The Bertz CT molecular complexity index is 713. The van der Waals surface area contributed by atoms with Crippen LogP contribution in [0.2, 0.25) is 0 Å². The highest BCUT2D eigenvalue weighted by Gasteiger charge is 2.24. The molecular formula is C18H18O6. The molecule has 2 aromatic rings. The lowest BCUT2D eigenvalue weighted by molar-refractivity contribution is 0.00252. The van der Waals surface area contributed by atoms with Gasteiger partial charge in [0.2, 0.25) is 0 Å². The molecule has 6 nitrogen and oxygen atoms in total. The van der Waals surface area contributed by atoms with Gasteiger partial charge in [0.1, 0.15) is 6.61 Å². The van der Waals surface area contributed by atoms with Crippen molar-refractivity contribution in [3.05, 3.63) is 59.2 Å². The van der Waals surface area contributed by atoms with Crippen LogP contribution in [0.15, 0.2) is 42.5 Å². The average molecular weight is 330 g/mol. The molecule has 1 aliphatic rings. The van der Waals surface area contributed by atoms with Gasteiger partial charge < -0.3 is 24.4 Å². The van der Waals surface area contributed by atoms with Crippen molar-refractivity contribution < 1.29 is 29.2 Å². The summed E-state index contributed by atoms with van der Waals surface area (Å²) in [6.07, 6.45) is -0.288. The minimum atomic E-state index is -1.11. The Morgan fingerprint density at radius 1 is 1.21 bits per heavy atom. The predicted molar refractivity (Wildman–Crippen MR) is 85.3 cm³/mol. The van der Waals surface area contributed by atoms with Crippen molar-refractivity contribution >= 4 is 5.97 Å². The van der Waals surface area contributed by atoms with Crippen LogP contribution in [0.4, 0.5) is 0 Å². The van der Waals surface area contributed by atoms with E-state index in [-0.39, 0.29) is 30.4 Å². The molecule has 0 saturated carbocycles. The molecule has 0 bridgehead atoms. The number of hydrogen-bond acceptors (Lipinski definition) is 5. The average Bonchev–Trinajstić information content (AvgIpc) is 2.61. The Morgan fingerprint density at radius 2 is 2.00 bits per heavy atom. The summed E-state index contributed by atoms with van der Waals surface area (Å²) >= 11 is 0. The highest BCUT2D eigenvalue weighted by Crippen LogP contribution is 2.35. The molecule has 0 aromatic heterocycles. The van der Waals surface area contributed by atoms with Crippen molar-refractivity contribution in [3.63, 3.8) is 0 Å². The van der Waals surface area contributed by atoms with Crippen molar-refractivity contribution in [2.24, 2.45) is 0 Å². The van der Waals surface area contributed by atoms with Gasteiger partial charge in [0, 0.05) is 0 Å². The Labute approximate surface area is 139 Å². The Hall–Kier alpha value is -2.57. The van der Waals surface area contributed by atoms with Crippen molar-refractivity contribution in [1.29, 1.82) is 0 Å². The maximum absolute atomic E-state index is 11.2. The molecule has 126 valence electrons. The number of hydrogen-bond donors (Lipinski definition) is 2. The summed E-state index contributed by atoms with van der Waals surface area (Å²) < 4.78 is 17.0. The van der Waals surface area contributed by atoms with E-state index in [1.54, 1.807) is 0 Å². The first kappa shape index (κ1) is 16.3. The molecule has 1 atom stereocenters. The van der Waals surface area contributed by atoms with Crippen LogP contribution in [0.5, 0.6) is 11.5 Å². The smallest absolute Gasteiger partial charge is 0.336 e. The van der Waals surface area contributed by atoms with Gasteiger partial charge >= 0.3 is 5.97 Å². The summed E-state index contributed by atoms with van der Waals surface area (Å²) in [5.74, 6) is -0.328. The van der Waals surface area contributed by atoms with Gasteiger partial charge in [0.15, 0.2) is 17.6 Å². The van der Waals surface area contributed by atoms with E-state index < -0.39 is 5.97 Å². The zero-order valence-electron chi connectivity index (χ0n) is 13.0. The first-order valence-corrected chi connectivity index (χ1v) is 7.59. The topological polar surface area (TPSA) is 85.2 Å². The number of carbonyl (C=O) groups is 1. The van der Waals surface area contributed by atoms with Crippen LogP contribution in [-0.4, -0.2) is 35.5 Å². The molecule has 0 radical (unpaired) electrons. The normalized spacial score (nSPS) is 16.0. The SMILES string of the molecule is O=C(O)c1cc2c(cc1CO)O[C@@H](COCc1ccccc1)CO2. The summed E-state index contributed by atoms with van der Waals surface area (Å²) in [5, 5.41) is 18.5. The van der Waals surface area contributed by atoms with Gasteiger partial charge in [-0.3, -0.25) is 0 Å². The molecule has 0 aliphatic carbocycles. The van der Waals surface area contributed by atoms with Gasteiger partial charge in [0.25, 0.3) is 0 Å². The molecule has 6 heteroatoms. The van der Waals surface area contributed by atoms with E-state index in [1.807, 2.05) is 30.3 Å². The lowest BCUT2D eigenvalue weighted by atomic mass is 10.1. The second kappa shape index (κ2) is 7.33. The van der Waals surface area contributed by atoms with Crippen LogP contribution in [0, 0.1) is 0 Å². The number of fused-ring (bicyclic) bond motifs is 1. The van der Waals surface area contributed by atoms with Gasteiger partial charge in [0.05, 0.1) is 25.4 Å². The minimum Gasteiger partial charge on any atom is -0.486 e. The third kappa shape index (κ3) is 3.67. The number of carboxylic acid groups (broad SMARTS) is 1. The summed E-state index contributed by atoms with van der Waals surface area (Å²) in [6.45, 7) is 0.726. The third-order valence-corrected chi connectivity index (χ3v) is 3.70. The Balaban J connectivity index is 1.62. The molecule has 3 rings (SSSR count). The Kier molecular flexibility index (Phi) is 4.98. The van der Waals surface area contributed by atoms with E-state index >= 15 is 0 Å². The number of aliphatic hydroxyl groups is 1. The van der Waals surface area contributed by atoms with Crippen LogP contribution in [0.1, 0.15) is 21.5 Å². The van der Waals surface area contributed by atoms with E-state index in [0.29, 0.717) is 24.7 Å². The molecule has 2 aromatic carbocycles. The predicted octanol–water partition coefficient (Wildman–Crippen LogP) is 2.23. The quantitative estimate of drug-likeness (QED) is 0.845. The van der Waals surface area contributed by atoms with E-state index in [9.17, 15) is 9.90 Å². The number of aliphatic hydroxyl groups excluding tert-OH is 1. The van der Waals surface area contributed by atoms with Crippen LogP contribution in [0.25, 0.3) is 0 Å². The molecular weight excluding hydrogens is 312 g/mol. The fourth-order valence-electron chi connectivity index (χ4n) is 2.50. The lowest BCUT2D eigenvalue weighted by Gasteiger charge is -2.27. The van der Waals surface area contributed by atoms with E-state index in [0.717, 1.165) is 5.56 Å². The maximum atomic E-state index is 11.2. The number of carboxylic acids is 1. The van der Waals surface area contributed by atoms with Crippen LogP contribution in [-0.2, 0) is 18.0 Å². The Morgan fingerprint density at radius 3 is 2.71 bits per heavy atom. The van der Waals surface area contributed by atoms with Gasteiger partial charge in [-0.25, -0.2) is 4.79 Å². The number of ether oxygens (including phenoxy) is 3. The summed E-state index contributed by atoms with van der Waals surface area (Å²) in [4.78, 5) is 11.2. The zero-order valence-corrected chi connectivity index (χ0v) is 13.0. The first-order chi connectivity index (χ1) is 11.7. The molecule has 0 amide bonds. The molecule has 0 unspecified atom stereocenters. The van der Waals surface area contributed by atoms with Gasteiger partial charge in [-0.2, -0.15) is 0 Å². The zero-order chi connectivity index (χ0) is 16.9. The molecule has 2 N–H and O–H groups in total. The summed E-state index contributed by atoms with van der Waals surface area (Å²) in [7, 11) is 0. The van der Waals surface area contributed by atoms with Crippen molar-refractivity contribution in [2.75, 3.05) is 13.2 Å². The highest BCUT2D eigenvalue weighted by atomic mass is 16.6. The molecule has 0 saturated heterocycles. The van der Waals surface area contributed by atoms with Crippen LogP contribution < -0.4 is 9.47 Å². The van der Waals surface area contributed by atoms with Crippen molar-refractivity contribution in [1.82, 2.24) is 0 Å². The molecule has 1 aliphatic heterocycles. The molecule has 1 heterocycles. The van der Waals surface area contributed by atoms with Crippen molar-refractivity contribution in [3.8, 4) is 11.5 Å². The molecule has 0 fully saturated rings. The fraction of sp³-hybridized carbons (Fsp3) is 0.278. The standard InChI is InChI=1S/C18H18O6/c19-8-13-6-17-16(7-15(13)18(20)21)23-11-14(24-17)10-22-9-12-4-2-1-3-5-12/h1-7,14,19H,8-11H2,(H,20,21)/t14-/m0/s1. The summed E-state index contributed by atoms with van der Waals surface area (Å²) in [6, 6.07) is 12.7. The van der Waals surface area contributed by atoms with Crippen LogP contribution >= 0.6 is 0 Å². The number of aromatic carboxylic acids is 1. The summed E-state index contributed by atoms with van der Waals surface area (Å²) in [5.41, 5.74) is 1.37. The second-order valence-corrected chi connectivity index (χ2v) is 5.47. The van der Waals surface area contributed by atoms with Crippen LogP contribution in [0.3, 0.4) is 0 Å². The lowest BCUT2D eigenvalue weighted by Crippen LogP contribution is -2.33. The fourth-order valence-corrected chi connectivity index (χ4v) is 2.50. The number of benzene rings is 2. The monoisotopic (exact) mass is 330 g/mol. The highest BCUT2D eigenvalue weighted by molar-refractivity contribution is 5.90. The first-order valence-electron chi connectivity index (χ1n) is 7.59. The van der Waals surface area contributed by atoms with E-state index in [1.165, 1.54) is 12.1 Å². The second-order valence-electron chi connectivity index (χ2n) is 5.47.